The molecule has 0 unspecified atom stereocenters. The third-order valence-corrected chi connectivity index (χ3v) is 12.6. The van der Waals surface area contributed by atoms with Crippen LogP contribution in [0.25, 0.3) is 41.2 Å². The van der Waals surface area contributed by atoms with Gasteiger partial charge in [-0.2, -0.15) is 0 Å². The molecule has 0 saturated heterocycles. The molecule has 0 saturated carbocycles. The van der Waals surface area contributed by atoms with Gasteiger partial charge in [0.25, 0.3) is 0 Å². The van der Waals surface area contributed by atoms with Crippen molar-refractivity contribution in [1.82, 2.24) is 0 Å². The summed E-state index contributed by atoms with van der Waals surface area (Å²) in [6, 6.07) is 14.1. The van der Waals surface area contributed by atoms with E-state index in [1.54, 1.807) is 4.70 Å². The minimum atomic E-state index is 0.967. The Morgan fingerprint density at radius 2 is 0.597 bits per heavy atom. The molecule has 0 N–H and O–H groups in total. The van der Waals surface area contributed by atoms with Crippen molar-refractivity contribution in [3.63, 3.8) is 0 Å². The molecular weight excluding hydrogens is 749 g/mol. The molecular formula is C60H92N2. The standard InChI is InChI=1S/C60H92N2/c1-7-13-19-23-27-31-35-39-51-45-52(40-36-32-28-24-20-14-8-2)48-55(47-51)59-57(43-17-11-5)58(44-18-12-6)60(62(59)61)56-49-53(41-37-33-29-25-21-15-9-3)46-54(50-56)42-38-34-30-26-22-16-10-4/h35-42,45-50H,7-34,43-44H2,1-6H3. The predicted octanol–water partition coefficient (Wildman–Crippen LogP) is 20.7. The zero-order valence-electron chi connectivity index (χ0n) is 41.2. The Labute approximate surface area is 383 Å². The molecule has 3 rings (SSSR count). The summed E-state index contributed by atoms with van der Waals surface area (Å²) in [5.41, 5.74) is 24.5. The molecule has 2 heteroatoms. The van der Waals surface area contributed by atoms with E-state index in [0.717, 1.165) is 86.7 Å². The van der Waals surface area contributed by atoms with Gasteiger partial charge < -0.3 is 5.53 Å². The van der Waals surface area contributed by atoms with Crippen LogP contribution in [-0.2, 0) is 0 Å². The molecule has 0 atom stereocenters. The van der Waals surface area contributed by atoms with Gasteiger partial charge in [0.05, 0.1) is 0 Å². The number of allylic oxidation sites excluding steroid dienone is 6. The highest BCUT2D eigenvalue weighted by molar-refractivity contribution is 5.84. The van der Waals surface area contributed by atoms with Crippen LogP contribution < -0.4 is 0 Å². The van der Waals surface area contributed by atoms with E-state index in [4.69, 9.17) is 0 Å². The maximum atomic E-state index is 12.8. The van der Waals surface area contributed by atoms with E-state index in [1.807, 2.05) is 0 Å². The lowest BCUT2D eigenvalue weighted by atomic mass is 9.91. The smallest absolute Gasteiger partial charge is 0.211 e. The monoisotopic (exact) mass is 841 g/mol. The van der Waals surface area contributed by atoms with Gasteiger partial charge in [-0.25, -0.2) is 4.70 Å². The average molecular weight is 841 g/mol. The van der Waals surface area contributed by atoms with Crippen LogP contribution in [0.5, 0.6) is 0 Å². The van der Waals surface area contributed by atoms with E-state index in [1.165, 1.54) is 162 Å². The molecule has 0 radical (unpaired) electrons. The van der Waals surface area contributed by atoms with E-state index in [-0.39, 0.29) is 0 Å². The first-order chi connectivity index (χ1) is 30.5. The number of benzene rings is 2. The van der Waals surface area contributed by atoms with Crippen molar-refractivity contribution in [2.24, 2.45) is 0 Å². The van der Waals surface area contributed by atoms with Crippen molar-refractivity contribution < 1.29 is 4.70 Å². The Morgan fingerprint density at radius 3 is 0.855 bits per heavy atom. The summed E-state index contributed by atoms with van der Waals surface area (Å²) in [6.07, 6.45) is 55.7. The van der Waals surface area contributed by atoms with E-state index in [0.29, 0.717) is 0 Å². The second-order valence-corrected chi connectivity index (χ2v) is 18.4. The summed E-state index contributed by atoms with van der Waals surface area (Å²) < 4.78 is 1.62. The highest BCUT2D eigenvalue weighted by Gasteiger charge is 2.35. The van der Waals surface area contributed by atoms with Crippen molar-refractivity contribution in [3.05, 3.63) is 111 Å². The largest absolute Gasteiger partial charge is 0.493 e. The van der Waals surface area contributed by atoms with E-state index < -0.39 is 0 Å². The minimum Gasteiger partial charge on any atom is -0.493 e. The number of unbranched alkanes of at least 4 members (excludes halogenated alkanes) is 22. The zero-order valence-corrected chi connectivity index (χ0v) is 41.2. The van der Waals surface area contributed by atoms with E-state index in [9.17, 15) is 5.53 Å². The molecule has 0 fully saturated rings. The molecule has 342 valence electrons. The highest BCUT2D eigenvalue weighted by atomic mass is 15.2. The molecule has 0 amide bonds. The fraction of sp³-hybridized carbons (Fsp3) is 0.600. The molecule has 1 aliphatic heterocycles. The summed E-state index contributed by atoms with van der Waals surface area (Å²) in [6.45, 7) is 13.7. The van der Waals surface area contributed by atoms with Crippen molar-refractivity contribution >= 4 is 35.7 Å². The third-order valence-electron chi connectivity index (χ3n) is 12.6. The van der Waals surface area contributed by atoms with Crippen molar-refractivity contribution in [3.8, 4) is 0 Å². The number of hydrogen-bond donors (Lipinski definition) is 0. The normalized spacial score (nSPS) is 13.6. The van der Waals surface area contributed by atoms with Gasteiger partial charge in [0, 0.05) is 22.3 Å². The zero-order chi connectivity index (χ0) is 44.5. The Morgan fingerprint density at radius 1 is 0.339 bits per heavy atom. The Balaban J connectivity index is 2.11. The van der Waals surface area contributed by atoms with Gasteiger partial charge >= 0.3 is 0 Å². The summed E-state index contributed by atoms with van der Waals surface area (Å²) in [5.74, 6) is 0. The SMILES string of the molecule is CCCCCCCC=Cc1cc(C=CCCCCCCC)cc(C2=C(CCCC)C(CCCC)=C(c3cc(C=CCCCCCCC)cc(C=CCCCCCCC)c3)[N+]2=[N-])c1. The van der Waals surface area contributed by atoms with Crippen LogP contribution in [-0.4, -0.2) is 4.70 Å². The molecule has 2 nitrogen and oxygen atoms in total. The van der Waals surface area contributed by atoms with Crippen LogP contribution in [0.4, 0.5) is 0 Å². The molecule has 2 aromatic carbocycles. The van der Waals surface area contributed by atoms with Gasteiger partial charge in [-0.1, -0.05) is 206 Å². The van der Waals surface area contributed by atoms with Gasteiger partial charge in [-0.15, -0.1) is 0 Å². The second-order valence-electron chi connectivity index (χ2n) is 18.4. The average Bonchev–Trinajstić information content (AvgIpc) is 3.56. The summed E-state index contributed by atoms with van der Waals surface area (Å²) in [7, 11) is 0. The van der Waals surface area contributed by atoms with Crippen molar-refractivity contribution in [2.75, 3.05) is 0 Å². The topological polar surface area (TPSA) is 25.3 Å². The van der Waals surface area contributed by atoms with Crippen LogP contribution in [0.3, 0.4) is 0 Å². The van der Waals surface area contributed by atoms with E-state index in [2.05, 4.69) is 127 Å². The molecule has 62 heavy (non-hydrogen) atoms. The quantitative estimate of drug-likeness (QED) is 0.0482. The number of hydrogen-bond acceptors (Lipinski definition) is 0. The summed E-state index contributed by atoms with van der Waals surface area (Å²) >= 11 is 0. The Hall–Kier alpha value is -3.52. The molecule has 1 heterocycles. The molecule has 0 bridgehead atoms. The summed E-state index contributed by atoms with van der Waals surface area (Å²) in [4.78, 5) is 0. The fourth-order valence-electron chi connectivity index (χ4n) is 8.84. The lowest BCUT2D eigenvalue weighted by molar-refractivity contribution is -0.345. The first kappa shape index (κ1) is 52.8. The molecule has 2 aromatic rings. The summed E-state index contributed by atoms with van der Waals surface area (Å²) in [5, 5.41) is 0. The first-order valence-corrected chi connectivity index (χ1v) is 26.4. The number of nitrogens with zero attached hydrogens (tertiary/aromatic N) is 2. The minimum absolute atomic E-state index is 0.967. The van der Waals surface area contributed by atoms with E-state index >= 15 is 0 Å². The van der Waals surface area contributed by atoms with Gasteiger partial charge in [0.15, 0.2) is 0 Å². The highest BCUT2D eigenvalue weighted by Crippen LogP contribution is 2.45. The lowest BCUT2D eigenvalue weighted by Crippen LogP contribution is -2.04. The van der Waals surface area contributed by atoms with Crippen LogP contribution in [0, 0.1) is 0 Å². The van der Waals surface area contributed by atoms with Crippen molar-refractivity contribution in [2.45, 2.75) is 234 Å². The van der Waals surface area contributed by atoms with Crippen molar-refractivity contribution in [1.29, 1.82) is 0 Å². The fourth-order valence-corrected chi connectivity index (χ4v) is 8.84. The maximum absolute atomic E-state index is 12.8. The molecule has 1 aliphatic rings. The van der Waals surface area contributed by atoms with Gasteiger partial charge in [0.1, 0.15) is 0 Å². The van der Waals surface area contributed by atoms with Gasteiger partial charge in [-0.3, -0.25) is 0 Å². The van der Waals surface area contributed by atoms with Crippen LogP contribution in [0.1, 0.15) is 268 Å². The Bertz CT molecular complexity index is 1510. The molecule has 0 aromatic heterocycles. The lowest BCUT2D eigenvalue weighted by Gasteiger charge is -2.13. The van der Waals surface area contributed by atoms with Crippen LogP contribution in [0.2, 0.25) is 0 Å². The second kappa shape index (κ2) is 34.0. The Kier molecular flexibility index (Phi) is 28.9. The predicted molar refractivity (Wildman–Crippen MR) is 279 cm³/mol. The third kappa shape index (κ3) is 20.3. The van der Waals surface area contributed by atoms with Gasteiger partial charge in [-0.05, 0) is 136 Å². The molecule has 0 aliphatic carbocycles. The van der Waals surface area contributed by atoms with Gasteiger partial charge in [0.2, 0.25) is 11.4 Å². The molecule has 0 spiro atoms. The maximum Gasteiger partial charge on any atom is 0.211 e. The van der Waals surface area contributed by atoms with Crippen LogP contribution in [0.15, 0.2) is 71.8 Å². The van der Waals surface area contributed by atoms with Crippen LogP contribution >= 0.6 is 0 Å². The number of rotatable bonds is 36. The first-order valence-electron chi connectivity index (χ1n) is 26.4.